The first-order valence-corrected chi connectivity index (χ1v) is 7.63. The van der Waals surface area contributed by atoms with Gasteiger partial charge in [-0.15, -0.1) is 0 Å². The van der Waals surface area contributed by atoms with E-state index in [-0.39, 0.29) is 30.1 Å². The van der Waals surface area contributed by atoms with Gasteiger partial charge in [-0.05, 0) is 34.6 Å². The molecule has 2 aromatic rings. The van der Waals surface area contributed by atoms with E-state index in [4.69, 9.17) is 0 Å². The fourth-order valence-electron chi connectivity index (χ4n) is 2.35. The van der Waals surface area contributed by atoms with Crippen LogP contribution >= 0.6 is 0 Å². The van der Waals surface area contributed by atoms with Crippen molar-refractivity contribution < 1.29 is 9.72 Å². The molecule has 0 aliphatic carbocycles. The van der Waals surface area contributed by atoms with Crippen LogP contribution in [-0.2, 0) is 16.9 Å². The average molecular weight is 334 g/mol. The van der Waals surface area contributed by atoms with Gasteiger partial charge in [-0.25, -0.2) is 0 Å². The zero-order valence-corrected chi connectivity index (χ0v) is 14.5. The SMILES string of the molecule is Cc1nn(CCC(=O)Nc2cnn(C(C)(C)C)c2)c(C)c1[N+](=O)[O-]. The molecule has 0 atom stereocenters. The summed E-state index contributed by atoms with van der Waals surface area (Å²) >= 11 is 0. The molecule has 0 fully saturated rings. The number of anilines is 1. The topological polar surface area (TPSA) is 108 Å². The largest absolute Gasteiger partial charge is 0.323 e. The molecule has 2 rings (SSSR count). The summed E-state index contributed by atoms with van der Waals surface area (Å²) in [4.78, 5) is 22.6. The van der Waals surface area contributed by atoms with E-state index in [0.29, 0.717) is 17.1 Å². The van der Waals surface area contributed by atoms with E-state index in [1.54, 1.807) is 30.9 Å². The van der Waals surface area contributed by atoms with E-state index in [1.165, 1.54) is 4.68 Å². The zero-order chi connectivity index (χ0) is 18.1. The number of hydrogen-bond acceptors (Lipinski definition) is 5. The summed E-state index contributed by atoms with van der Waals surface area (Å²) in [6.45, 7) is 9.54. The minimum atomic E-state index is -0.449. The normalized spacial score (nSPS) is 11.5. The summed E-state index contributed by atoms with van der Waals surface area (Å²) in [7, 11) is 0. The molecular formula is C15H22N6O3. The van der Waals surface area contributed by atoms with Gasteiger partial charge in [-0.1, -0.05) is 0 Å². The molecule has 0 saturated carbocycles. The molecule has 1 amide bonds. The lowest BCUT2D eigenvalue weighted by Gasteiger charge is -2.18. The van der Waals surface area contributed by atoms with Crippen molar-refractivity contribution in [3.05, 3.63) is 33.9 Å². The van der Waals surface area contributed by atoms with E-state index < -0.39 is 4.92 Å². The molecule has 130 valence electrons. The van der Waals surface area contributed by atoms with Gasteiger partial charge in [0.15, 0.2) is 0 Å². The Kier molecular flexibility index (Phi) is 4.72. The first-order valence-electron chi connectivity index (χ1n) is 7.63. The molecule has 2 aromatic heterocycles. The first kappa shape index (κ1) is 17.6. The van der Waals surface area contributed by atoms with Crippen LogP contribution < -0.4 is 5.32 Å². The molecule has 0 aromatic carbocycles. The Bertz CT molecular complexity index is 769. The third-order valence-electron chi connectivity index (χ3n) is 3.63. The van der Waals surface area contributed by atoms with Gasteiger partial charge in [0, 0.05) is 12.6 Å². The van der Waals surface area contributed by atoms with E-state index in [9.17, 15) is 14.9 Å². The number of nitrogens with one attached hydrogen (secondary N) is 1. The van der Waals surface area contributed by atoms with Crippen LogP contribution in [0.3, 0.4) is 0 Å². The molecule has 0 unspecified atom stereocenters. The number of carbonyl (C=O) groups is 1. The number of carbonyl (C=O) groups excluding carboxylic acids is 1. The highest BCUT2D eigenvalue weighted by Crippen LogP contribution is 2.22. The molecule has 0 spiro atoms. The van der Waals surface area contributed by atoms with Gasteiger partial charge in [-0.3, -0.25) is 24.3 Å². The average Bonchev–Trinajstić information content (AvgIpc) is 3.01. The van der Waals surface area contributed by atoms with Gasteiger partial charge in [0.25, 0.3) is 0 Å². The van der Waals surface area contributed by atoms with Gasteiger partial charge in [0.2, 0.25) is 5.91 Å². The van der Waals surface area contributed by atoms with Crippen LogP contribution in [0.1, 0.15) is 38.6 Å². The highest BCUT2D eigenvalue weighted by atomic mass is 16.6. The van der Waals surface area contributed by atoms with Crippen molar-refractivity contribution >= 4 is 17.3 Å². The number of amides is 1. The fourth-order valence-corrected chi connectivity index (χ4v) is 2.35. The Labute approximate surface area is 139 Å². The second-order valence-corrected chi connectivity index (χ2v) is 6.64. The van der Waals surface area contributed by atoms with Crippen molar-refractivity contribution in [2.45, 2.75) is 53.1 Å². The van der Waals surface area contributed by atoms with Gasteiger partial charge < -0.3 is 5.32 Å². The summed E-state index contributed by atoms with van der Waals surface area (Å²) in [6.07, 6.45) is 3.53. The van der Waals surface area contributed by atoms with Crippen molar-refractivity contribution in [1.29, 1.82) is 0 Å². The van der Waals surface area contributed by atoms with Crippen molar-refractivity contribution in [2.24, 2.45) is 0 Å². The minimum absolute atomic E-state index is 0.00172. The zero-order valence-electron chi connectivity index (χ0n) is 14.5. The number of rotatable bonds is 5. The number of nitro groups is 1. The molecule has 0 aliphatic heterocycles. The Hall–Kier alpha value is -2.71. The predicted octanol–water partition coefficient (Wildman–Crippen LogP) is 2.39. The molecule has 9 nitrogen and oxygen atoms in total. The van der Waals surface area contributed by atoms with Crippen LogP contribution in [0.5, 0.6) is 0 Å². The summed E-state index contributed by atoms with van der Waals surface area (Å²) in [5.74, 6) is -0.196. The fraction of sp³-hybridized carbons (Fsp3) is 0.533. The van der Waals surface area contributed by atoms with Crippen molar-refractivity contribution in [1.82, 2.24) is 19.6 Å². The highest BCUT2D eigenvalue weighted by molar-refractivity contribution is 5.90. The van der Waals surface area contributed by atoms with E-state index in [0.717, 1.165) is 0 Å². The summed E-state index contributed by atoms with van der Waals surface area (Å²) in [5.41, 5.74) is 1.26. The lowest BCUT2D eigenvalue weighted by molar-refractivity contribution is -0.386. The molecule has 0 radical (unpaired) electrons. The smallest absolute Gasteiger partial charge is 0.312 e. The summed E-state index contributed by atoms with van der Waals surface area (Å²) < 4.78 is 3.26. The van der Waals surface area contributed by atoms with Crippen LogP contribution in [0, 0.1) is 24.0 Å². The first-order chi connectivity index (χ1) is 11.1. The summed E-state index contributed by atoms with van der Waals surface area (Å²) in [6, 6.07) is 0. The number of aryl methyl sites for hydroxylation is 2. The van der Waals surface area contributed by atoms with Crippen LogP contribution in [0.25, 0.3) is 0 Å². The van der Waals surface area contributed by atoms with Gasteiger partial charge >= 0.3 is 5.69 Å². The highest BCUT2D eigenvalue weighted by Gasteiger charge is 2.22. The number of nitrogens with zero attached hydrogens (tertiary/aromatic N) is 5. The Morgan fingerprint density at radius 2 is 2.04 bits per heavy atom. The standard InChI is InChI=1S/C15H22N6O3/c1-10-14(21(23)24)11(2)19(18-10)7-6-13(22)17-12-8-16-20(9-12)15(3,4)5/h8-9H,6-7H2,1-5H3,(H,17,22). The predicted molar refractivity (Wildman–Crippen MR) is 88.8 cm³/mol. The molecule has 24 heavy (non-hydrogen) atoms. The van der Waals surface area contributed by atoms with Crippen LogP contribution in [-0.4, -0.2) is 30.4 Å². The quantitative estimate of drug-likeness (QED) is 0.667. The lowest BCUT2D eigenvalue weighted by atomic mass is 10.1. The van der Waals surface area contributed by atoms with Crippen molar-refractivity contribution in [3.8, 4) is 0 Å². The molecule has 0 aliphatic rings. The van der Waals surface area contributed by atoms with Crippen LogP contribution in [0.15, 0.2) is 12.4 Å². The molecule has 0 saturated heterocycles. The van der Waals surface area contributed by atoms with E-state index in [1.807, 2.05) is 20.8 Å². The second-order valence-electron chi connectivity index (χ2n) is 6.64. The lowest BCUT2D eigenvalue weighted by Crippen LogP contribution is -2.22. The van der Waals surface area contributed by atoms with Crippen LogP contribution in [0.4, 0.5) is 11.4 Å². The van der Waals surface area contributed by atoms with Gasteiger partial charge in [-0.2, -0.15) is 10.2 Å². The monoisotopic (exact) mass is 334 g/mol. The maximum Gasteiger partial charge on any atom is 0.312 e. The number of aromatic nitrogens is 4. The Morgan fingerprint density at radius 1 is 1.38 bits per heavy atom. The third kappa shape index (κ3) is 3.79. The van der Waals surface area contributed by atoms with E-state index in [2.05, 4.69) is 15.5 Å². The van der Waals surface area contributed by atoms with Crippen molar-refractivity contribution in [2.75, 3.05) is 5.32 Å². The second kappa shape index (κ2) is 6.42. The summed E-state index contributed by atoms with van der Waals surface area (Å²) in [5, 5.41) is 22.1. The van der Waals surface area contributed by atoms with Crippen LogP contribution in [0.2, 0.25) is 0 Å². The minimum Gasteiger partial charge on any atom is -0.323 e. The Morgan fingerprint density at radius 3 is 2.54 bits per heavy atom. The molecule has 2 heterocycles. The maximum atomic E-state index is 12.1. The van der Waals surface area contributed by atoms with Gasteiger partial charge in [0.05, 0.1) is 28.9 Å². The molecule has 0 bridgehead atoms. The third-order valence-corrected chi connectivity index (χ3v) is 3.63. The van der Waals surface area contributed by atoms with E-state index >= 15 is 0 Å². The Balaban J connectivity index is 1.98. The number of hydrogen-bond donors (Lipinski definition) is 1. The molecular weight excluding hydrogens is 312 g/mol. The maximum absolute atomic E-state index is 12.1. The van der Waals surface area contributed by atoms with Crippen molar-refractivity contribution in [3.63, 3.8) is 0 Å². The molecule has 1 N–H and O–H groups in total. The molecule has 9 heteroatoms. The van der Waals surface area contributed by atoms with Gasteiger partial charge in [0.1, 0.15) is 11.4 Å².